The Kier molecular flexibility index (Phi) is 5.97. The van der Waals surface area contributed by atoms with Gasteiger partial charge in [0, 0.05) is 31.1 Å². The summed E-state index contributed by atoms with van der Waals surface area (Å²) in [5.74, 6) is -2.90. The van der Waals surface area contributed by atoms with Crippen LogP contribution in [0.3, 0.4) is 0 Å². The fourth-order valence-corrected chi connectivity index (χ4v) is 4.46. The molecule has 0 saturated heterocycles. The van der Waals surface area contributed by atoms with Crippen molar-refractivity contribution in [2.45, 2.75) is 31.1 Å². The largest absolute Gasteiger partial charge is 0.324 e. The zero-order valence-electron chi connectivity index (χ0n) is 15.7. The topological polar surface area (TPSA) is 83.6 Å². The Bertz CT molecular complexity index is 1070. The minimum absolute atomic E-state index is 0.0240. The first kappa shape index (κ1) is 20.9. The summed E-state index contributed by atoms with van der Waals surface area (Å²) in [5.41, 5.74) is 1.26. The molecule has 2 aromatic carbocycles. The smallest absolute Gasteiger partial charge is 0.226 e. The van der Waals surface area contributed by atoms with Crippen LogP contribution in [0.2, 0.25) is 0 Å². The van der Waals surface area contributed by atoms with Gasteiger partial charge in [-0.25, -0.2) is 17.2 Å². The fourth-order valence-electron chi connectivity index (χ4n) is 3.17. The molecule has 0 unspecified atom stereocenters. The summed E-state index contributed by atoms with van der Waals surface area (Å²) in [6, 6.07) is 7.26. The molecule has 0 radical (unpaired) electrons. The van der Waals surface area contributed by atoms with Gasteiger partial charge in [-0.15, -0.1) is 0 Å². The van der Waals surface area contributed by atoms with Gasteiger partial charge in [0.25, 0.3) is 0 Å². The molecule has 1 N–H and O–H groups in total. The van der Waals surface area contributed by atoms with Crippen LogP contribution in [0, 0.1) is 11.6 Å². The Morgan fingerprint density at radius 1 is 1.14 bits per heavy atom. The number of carbonyl (C=O) groups excluding carboxylic acids is 2. The molecule has 0 bridgehead atoms. The lowest BCUT2D eigenvalue weighted by atomic mass is 10.2. The highest BCUT2D eigenvalue weighted by Gasteiger charge is 2.26. The molecule has 1 aliphatic rings. The maximum Gasteiger partial charge on any atom is 0.226 e. The highest BCUT2D eigenvalue weighted by atomic mass is 32.2. The molecule has 9 heteroatoms. The van der Waals surface area contributed by atoms with E-state index in [0.29, 0.717) is 31.1 Å². The van der Waals surface area contributed by atoms with Gasteiger partial charge in [0.05, 0.1) is 16.3 Å². The summed E-state index contributed by atoms with van der Waals surface area (Å²) in [4.78, 5) is 25.6. The number of hydrogen-bond donors (Lipinski definition) is 1. The van der Waals surface area contributed by atoms with Gasteiger partial charge in [-0.1, -0.05) is 6.92 Å². The average Bonchev–Trinajstić information content (AvgIpc) is 3.11. The third kappa shape index (κ3) is 4.61. The molecule has 3 rings (SSSR count). The Balaban J connectivity index is 1.67. The molecule has 0 spiro atoms. The highest BCUT2D eigenvalue weighted by molar-refractivity contribution is 7.91. The zero-order valence-corrected chi connectivity index (χ0v) is 16.6. The number of fused-ring (bicyclic) bond motifs is 1. The van der Waals surface area contributed by atoms with Gasteiger partial charge in [0.2, 0.25) is 11.8 Å². The zero-order chi connectivity index (χ0) is 21.2. The van der Waals surface area contributed by atoms with Crippen LogP contribution in [-0.2, 0) is 25.8 Å². The van der Waals surface area contributed by atoms with Crippen LogP contribution >= 0.6 is 0 Å². The maximum absolute atomic E-state index is 13.6. The number of rotatable bonds is 6. The van der Waals surface area contributed by atoms with E-state index in [1.54, 1.807) is 17.9 Å². The third-order valence-electron chi connectivity index (χ3n) is 4.71. The molecule has 0 aromatic heterocycles. The SMILES string of the molecule is CCC(=O)N1CCc2cc(S(=O)(=O)CCC(=O)Nc3ccc(F)cc3F)ccc21. The third-order valence-corrected chi connectivity index (χ3v) is 6.43. The summed E-state index contributed by atoms with van der Waals surface area (Å²) in [6.45, 7) is 2.28. The average molecular weight is 422 g/mol. The maximum atomic E-state index is 13.6. The number of benzene rings is 2. The Labute approximate surface area is 167 Å². The highest BCUT2D eigenvalue weighted by Crippen LogP contribution is 2.31. The second-order valence-corrected chi connectivity index (χ2v) is 8.79. The van der Waals surface area contributed by atoms with E-state index >= 15 is 0 Å². The van der Waals surface area contributed by atoms with E-state index in [4.69, 9.17) is 0 Å². The number of nitrogens with one attached hydrogen (secondary N) is 1. The molecule has 1 heterocycles. The van der Waals surface area contributed by atoms with Crippen molar-refractivity contribution in [3.8, 4) is 0 Å². The van der Waals surface area contributed by atoms with Gasteiger partial charge < -0.3 is 10.2 Å². The van der Waals surface area contributed by atoms with Gasteiger partial charge in [-0.2, -0.15) is 0 Å². The summed E-state index contributed by atoms with van der Waals surface area (Å²) in [5, 5.41) is 2.24. The van der Waals surface area contributed by atoms with Crippen molar-refractivity contribution in [3.63, 3.8) is 0 Å². The minimum atomic E-state index is -3.75. The summed E-state index contributed by atoms with van der Waals surface area (Å²) in [7, 11) is -3.75. The first-order valence-corrected chi connectivity index (χ1v) is 10.8. The molecule has 1 aliphatic heterocycles. The van der Waals surface area contributed by atoms with Crippen LogP contribution in [0.25, 0.3) is 0 Å². The van der Waals surface area contributed by atoms with Crippen molar-refractivity contribution in [1.29, 1.82) is 0 Å². The Hall–Kier alpha value is -2.81. The monoisotopic (exact) mass is 422 g/mol. The van der Waals surface area contributed by atoms with E-state index in [0.717, 1.165) is 17.7 Å². The van der Waals surface area contributed by atoms with Crippen molar-refractivity contribution in [1.82, 2.24) is 0 Å². The number of halogens is 2. The number of carbonyl (C=O) groups is 2. The lowest BCUT2D eigenvalue weighted by molar-refractivity contribution is -0.118. The van der Waals surface area contributed by atoms with Crippen LogP contribution < -0.4 is 10.2 Å². The van der Waals surface area contributed by atoms with Crippen molar-refractivity contribution < 1.29 is 26.8 Å². The Morgan fingerprint density at radius 2 is 1.90 bits per heavy atom. The first-order valence-electron chi connectivity index (χ1n) is 9.12. The summed E-state index contributed by atoms with van der Waals surface area (Å²) < 4.78 is 51.7. The number of anilines is 2. The van der Waals surface area contributed by atoms with Gasteiger partial charge in [0.1, 0.15) is 11.6 Å². The normalized spacial score (nSPS) is 13.3. The summed E-state index contributed by atoms with van der Waals surface area (Å²) >= 11 is 0. The number of amides is 2. The molecule has 2 aromatic rings. The number of hydrogen-bond acceptors (Lipinski definition) is 4. The molecule has 29 heavy (non-hydrogen) atoms. The van der Waals surface area contributed by atoms with Gasteiger partial charge in [-0.3, -0.25) is 9.59 Å². The van der Waals surface area contributed by atoms with E-state index in [2.05, 4.69) is 5.32 Å². The van der Waals surface area contributed by atoms with Crippen molar-refractivity contribution in [2.75, 3.05) is 22.5 Å². The van der Waals surface area contributed by atoms with Gasteiger partial charge in [-0.05, 0) is 42.3 Å². The number of sulfone groups is 1. The molecular formula is C20H20F2N2O4S. The first-order chi connectivity index (χ1) is 13.7. The molecule has 0 fully saturated rings. The van der Waals surface area contributed by atoms with E-state index in [9.17, 15) is 26.8 Å². The minimum Gasteiger partial charge on any atom is -0.324 e. The fraction of sp³-hybridized carbons (Fsp3) is 0.300. The quantitative estimate of drug-likeness (QED) is 0.776. The molecule has 0 aliphatic carbocycles. The van der Waals surface area contributed by atoms with Crippen LogP contribution in [0.15, 0.2) is 41.3 Å². The predicted molar refractivity (Wildman–Crippen MR) is 104 cm³/mol. The van der Waals surface area contributed by atoms with Crippen molar-refractivity contribution in [2.24, 2.45) is 0 Å². The number of nitrogens with zero attached hydrogens (tertiary/aromatic N) is 1. The predicted octanol–water partition coefficient (Wildman–Crippen LogP) is 3.07. The van der Waals surface area contributed by atoms with Crippen molar-refractivity contribution >= 4 is 33.0 Å². The molecule has 6 nitrogen and oxygen atoms in total. The molecule has 0 saturated carbocycles. The van der Waals surface area contributed by atoms with E-state index in [1.165, 1.54) is 12.1 Å². The van der Waals surface area contributed by atoms with Crippen molar-refractivity contribution in [3.05, 3.63) is 53.6 Å². The lowest BCUT2D eigenvalue weighted by Gasteiger charge is -2.16. The lowest BCUT2D eigenvalue weighted by Crippen LogP contribution is -2.27. The van der Waals surface area contributed by atoms with Crippen LogP contribution in [0.4, 0.5) is 20.2 Å². The molecule has 154 valence electrons. The van der Waals surface area contributed by atoms with Crippen LogP contribution in [0.5, 0.6) is 0 Å². The molecule has 0 atom stereocenters. The molecular weight excluding hydrogens is 402 g/mol. The summed E-state index contributed by atoms with van der Waals surface area (Å²) in [6.07, 6.45) is 0.550. The van der Waals surface area contributed by atoms with Gasteiger partial charge >= 0.3 is 0 Å². The standard InChI is InChI=1S/C20H20F2N2O4S/c1-2-20(26)24-9-7-13-11-15(4-6-18(13)24)29(27,28)10-8-19(25)23-17-5-3-14(21)12-16(17)22/h3-6,11-12H,2,7-10H2,1H3,(H,23,25). The second-order valence-electron chi connectivity index (χ2n) is 6.68. The Morgan fingerprint density at radius 3 is 2.59 bits per heavy atom. The van der Waals surface area contributed by atoms with Gasteiger partial charge in [0.15, 0.2) is 9.84 Å². The van der Waals surface area contributed by atoms with E-state index in [1.807, 2.05) is 0 Å². The van der Waals surface area contributed by atoms with Crippen LogP contribution in [-0.4, -0.2) is 32.5 Å². The van der Waals surface area contributed by atoms with Crippen LogP contribution in [0.1, 0.15) is 25.3 Å². The molecule has 2 amide bonds. The second kappa shape index (κ2) is 8.28. The van der Waals surface area contributed by atoms with E-state index < -0.39 is 33.1 Å². The van der Waals surface area contributed by atoms with E-state index in [-0.39, 0.29) is 22.9 Å².